The van der Waals surface area contributed by atoms with Crippen LogP contribution in [0.1, 0.15) is 40.0 Å². The molecule has 0 aromatic heterocycles. The maximum atomic E-state index is 5.86. The fourth-order valence-corrected chi connectivity index (χ4v) is 2.90. The Morgan fingerprint density at radius 1 is 1.20 bits per heavy atom. The molecule has 0 aliphatic heterocycles. The van der Waals surface area contributed by atoms with Crippen LogP contribution in [0.25, 0.3) is 0 Å². The molecular formula is C13H28N2. The molecule has 0 radical (unpaired) electrons. The molecular weight excluding hydrogens is 184 g/mol. The van der Waals surface area contributed by atoms with Gasteiger partial charge in [0.2, 0.25) is 0 Å². The molecule has 0 spiro atoms. The highest BCUT2D eigenvalue weighted by Crippen LogP contribution is 2.40. The molecule has 0 heterocycles. The van der Waals surface area contributed by atoms with Gasteiger partial charge in [-0.25, -0.2) is 0 Å². The van der Waals surface area contributed by atoms with Gasteiger partial charge >= 0.3 is 0 Å². The minimum Gasteiger partial charge on any atom is -0.330 e. The third-order valence-electron chi connectivity index (χ3n) is 4.15. The summed E-state index contributed by atoms with van der Waals surface area (Å²) in [6, 6.07) is 0.688. The van der Waals surface area contributed by atoms with Crippen molar-refractivity contribution in [3.63, 3.8) is 0 Å². The monoisotopic (exact) mass is 212 g/mol. The molecule has 0 aromatic rings. The SMILES string of the molecule is CN(C)C1CC(C(C)(C)C)CCC1CN. The quantitative estimate of drug-likeness (QED) is 0.761. The van der Waals surface area contributed by atoms with E-state index in [9.17, 15) is 0 Å². The maximum absolute atomic E-state index is 5.86. The zero-order chi connectivity index (χ0) is 11.6. The van der Waals surface area contributed by atoms with E-state index in [4.69, 9.17) is 5.73 Å². The second-order valence-electron chi connectivity index (χ2n) is 6.40. The number of hydrogen-bond donors (Lipinski definition) is 1. The number of nitrogens with two attached hydrogens (primary N) is 1. The van der Waals surface area contributed by atoms with Gasteiger partial charge in [-0.05, 0) is 57.2 Å². The van der Waals surface area contributed by atoms with Gasteiger partial charge in [-0.15, -0.1) is 0 Å². The molecule has 1 rings (SSSR count). The summed E-state index contributed by atoms with van der Waals surface area (Å²) in [5.74, 6) is 1.56. The van der Waals surface area contributed by atoms with Crippen molar-refractivity contribution >= 4 is 0 Å². The number of nitrogens with zero attached hydrogens (tertiary/aromatic N) is 1. The summed E-state index contributed by atoms with van der Waals surface area (Å²) in [5, 5.41) is 0. The lowest BCUT2D eigenvalue weighted by Crippen LogP contribution is -2.45. The molecule has 0 aromatic carbocycles. The first kappa shape index (κ1) is 13.0. The van der Waals surface area contributed by atoms with Crippen LogP contribution in [0.4, 0.5) is 0 Å². The molecule has 3 atom stereocenters. The molecule has 1 aliphatic rings. The summed E-state index contributed by atoms with van der Waals surface area (Å²) in [4.78, 5) is 2.37. The molecule has 0 saturated heterocycles. The Bertz CT molecular complexity index is 193. The average Bonchev–Trinajstić information content (AvgIpc) is 2.15. The molecule has 3 unspecified atom stereocenters. The van der Waals surface area contributed by atoms with Gasteiger partial charge in [-0.2, -0.15) is 0 Å². The lowest BCUT2D eigenvalue weighted by Gasteiger charge is -2.44. The Balaban J connectivity index is 2.66. The van der Waals surface area contributed by atoms with E-state index in [1.54, 1.807) is 0 Å². The van der Waals surface area contributed by atoms with Crippen molar-refractivity contribution in [1.29, 1.82) is 0 Å². The molecule has 90 valence electrons. The molecule has 2 nitrogen and oxygen atoms in total. The summed E-state index contributed by atoms with van der Waals surface area (Å²) in [5.41, 5.74) is 6.31. The van der Waals surface area contributed by atoms with Gasteiger partial charge in [0.25, 0.3) is 0 Å². The highest BCUT2D eigenvalue weighted by atomic mass is 15.1. The second-order valence-corrected chi connectivity index (χ2v) is 6.40. The Morgan fingerprint density at radius 3 is 2.20 bits per heavy atom. The topological polar surface area (TPSA) is 29.3 Å². The first-order valence-corrected chi connectivity index (χ1v) is 6.22. The zero-order valence-electron chi connectivity index (χ0n) is 11.1. The van der Waals surface area contributed by atoms with Gasteiger partial charge in [0.05, 0.1) is 0 Å². The van der Waals surface area contributed by atoms with Gasteiger partial charge in [0, 0.05) is 6.04 Å². The fraction of sp³-hybridized carbons (Fsp3) is 1.00. The number of rotatable bonds is 2. The van der Waals surface area contributed by atoms with Gasteiger partial charge < -0.3 is 10.6 Å². The van der Waals surface area contributed by atoms with E-state index in [-0.39, 0.29) is 0 Å². The second kappa shape index (κ2) is 4.84. The van der Waals surface area contributed by atoms with E-state index >= 15 is 0 Å². The van der Waals surface area contributed by atoms with Gasteiger partial charge in [0.15, 0.2) is 0 Å². The van der Waals surface area contributed by atoms with Crippen LogP contribution in [0.2, 0.25) is 0 Å². The Morgan fingerprint density at radius 2 is 1.80 bits per heavy atom. The molecule has 2 N–H and O–H groups in total. The predicted molar refractivity (Wildman–Crippen MR) is 66.8 cm³/mol. The maximum Gasteiger partial charge on any atom is 0.0132 e. The summed E-state index contributed by atoms with van der Waals surface area (Å²) < 4.78 is 0. The summed E-state index contributed by atoms with van der Waals surface area (Å²) in [6.45, 7) is 7.95. The van der Waals surface area contributed by atoms with Crippen molar-refractivity contribution < 1.29 is 0 Å². The molecule has 1 aliphatic carbocycles. The molecule has 0 bridgehead atoms. The summed E-state index contributed by atoms with van der Waals surface area (Å²) in [7, 11) is 4.39. The van der Waals surface area contributed by atoms with Gasteiger partial charge in [-0.1, -0.05) is 20.8 Å². The number of hydrogen-bond acceptors (Lipinski definition) is 2. The normalized spacial score (nSPS) is 33.4. The van der Waals surface area contributed by atoms with Crippen LogP contribution in [-0.2, 0) is 0 Å². The molecule has 1 fully saturated rings. The van der Waals surface area contributed by atoms with Crippen LogP contribution in [-0.4, -0.2) is 31.6 Å². The van der Waals surface area contributed by atoms with Gasteiger partial charge in [0.1, 0.15) is 0 Å². The largest absolute Gasteiger partial charge is 0.330 e. The van der Waals surface area contributed by atoms with E-state index in [2.05, 4.69) is 39.8 Å². The van der Waals surface area contributed by atoms with Crippen LogP contribution in [0.15, 0.2) is 0 Å². The van der Waals surface area contributed by atoms with Crippen LogP contribution in [0, 0.1) is 17.3 Å². The van der Waals surface area contributed by atoms with E-state index in [1.165, 1.54) is 19.3 Å². The first-order chi connectivity index (χ1) is 6.86. The van der Waals surface area contributed by atoms with Crippen LogP contribution < -0.4 is 5.73 Å². The molecule has 0 amide bonds. The Hall–Kier alpha value is -0.0800. The van der Waals surface area contributed by atoms with Crippen molar-refractivity contribution in [3.8, 4) is 0 Å². The predicted octanol–water partition coefficient (Wildman–Crippen LogP) is 2.34. The van der Waals surface area contributed by atoms with E-state index in [1.807, 2.05) is 0 Å². The highest BCUT2D eigenvalue weighted by molar-refractivity contribution is 4.89. The summed E-state index contributed by atoms with van der Waals surface area (Å²) >= 11 is 0. The van der Waals surface area contributed by atoms with E-state index in [0.29, 0.717) is 17.4 Å². The van der Waals surface area contributed by atoms with Crippen molar-refractivity contribution in [3.05, 3.63) is 0 Å². The Kier molecular flexibility index (Phi) is 4.19. The molecule has 1 saturated carbocycles. The van der Waals surface area contributed by atoms with Crippen LogP contribution in [0.3, 0.4) is 0 Å². The Labute approximate surface area is 95.2 Å². The summed E-state index contributed by atoms with van der Waals surface area (Å²) in [6.07, 6.45) is 3.98. The van der Waals surface area contributed by atoms with Crippen LogP contribution >= 0.6 is 0 Å². The first-order valence-electron chi connectivity index (χ1n) is 6.22. The lowest BCUT2D eigenvalue weighted by atomic mass is 9.67. The van der Waals surface area contributed by atoms with Crippen LogP contribution in [0.5, 0.6) is 0 Å². The third kappa shape index (κ3) is 3.18. The highest BCUT2D eigenvalue weighted by Gasteiger charge is 2.35. The van der Waals surface area contributed by atoms with E-state index in [0.717, 1.165) is 12.5 Å². The van der Waals surface area contributed by atoms with Crippen molar-refractivity contribution in [2.75, 3.05) is 20.6 Å². The molecule has 15 heavy (non-hydrogen) atoms. The van der Waals surface area contributed by atoms with Crippen molar-refractivity contribution in [1.82, 2.24) is 4.90 Å². The average molecular weight is 212 g/mol. The van der Waals surface area contributed by atoms with Crippen molar-refractivity contribution in [2.45, 2.75) is 46.1 Å². The van der Waals surface area contributed by atoms with E-state index < -0.39 is 0 Å². The minimum atomic E-state index is 0.452. The van der Waals surface area contributed by atoms with Crippen molar-refractivity contribution in [2.24, 2.45) is 23.0 Å². The third-order valence-corrected chi connectivity index (χ3v) is 4.15. The smallest absolute Gasteiger partial charge is 0.0132 e. The zero-order valence-corrected chi connectivity index (χ0v) is 11.1. The minimum absolute atomic E-state index is 0.452. The standard InChI is InChI=1S/C13H28N2/c1-13(2,3)11-7-6-10(9-14)12(8-11)15(4)5/h10-12H,6-9,14H2,1-5H3. The lowest BCUT2D eigenvalue weighted by molar-refractivity contribution is 0.0718. The van der Waals surface area contributed by atoms with Gasteiger partial charge in [-0.3, -0.25) is 0 Å². The molecule has 2 heteroatoms. The fourth-order valence-electron chi connectivity index (χ4n) is 2.90.